The number of benzene rings is 2. The summed E-state index contributed by atoms with van der Waals surface area (Å²) in [5, 5.41) is 2.25. The number of carbonyl (C=O) groups excluding carboxylic acids is 1. The van der Waals surface area contributed by atoms with Crippen LogP contribution < -0.4 is 5.32 Å². The van der Waals surface area contributed by atoms with Gasteiger partial charge in [-0.05, 0) is 29.7 Å². The molecule has 0 aliphatic carbocycles. The minimum absolute atomic E-state index is 0.0126. The van der Waals surface area contributed by atoms with Gasteiger partial charge in [-0.15, -0.1) is 11.6 Å². The summed E-state index contributed by atoms with van der Waals surface area (Å²) in [7, 11) is 0. The molecule has 0 saturated carbocycles. The second kappa shape index (κ2) is 5.66. The fourth-order valence-corrected chi connectivity index (χ4v) is 2.94. The molecule has 5 heteroatoms. The summed E-state index contributed by atoms with van der Waals surface area (Å²) in [6.45, 7) is 0. The molecule has 2 nitrogen and oxygen atoms in total. The standard InChI is InChI=1S/C16H12Cl2FNO/c17-12-3-1-2-11(16(12)19)15(18)10-4-6-13-9(8-10)5-7-14(21)20-13/h1-4,6,8,15H,5,7H2,(H,20,21). The maximum Gasteiger partial charge on any atom is 0.224 e. The summed E-state index contributed by atoms with van der Waals surface area (Å²) < 4.78 is 14.1. The number of hydrogen-bond donors (Lipinski definition) is 1. The van der Waals surface area contributed by atoms with Crippen LogP contribution in [0.3, 0.4) is 0 Å². The third kappa shape index (κ3) is 2.76. The smallest absolute Gasteiger partial charge is 0.224 e. The number of anilines is 1. The molecule has 108 valence electrons. The molecule has 1 amide bonds. The zero-order valence-corrected chi connectivity index (χ0v) is 12.5. The van der Waals surface area contributed by atoms with E-state index in [0.717, 1.165) is 16.8 Å². The number of carbonyl (C=O) groups is 1. The van der Waals surface area contributed by atoms with E-state index in [1.165, 1.54) is 6.07 Å². The Morgan fingerprint density at radius 3 is 2.81 bits per heavy atom. The Morgan fingerprint density at radius 1 is 1.19 bits per heavy atom. The Bertz CT molecular complexity index is 717. The van der Waals surface area contributed by atoms with Gasteiger partial charge in [0.25, 0.3) is 0 Å². The topological polar surface area (TPSA) is 29.1 Å². The van der Waals surface area contributed by atoms with Crippen LogP contribution >= 0.6 is 23.2 Å². The number of aryl methyl sites for hydroxylation is 1. The van der Waals surface area contributed by atoms with Gasteiger partial charge in [-0.1, -0.05) is 35.9 Å². The van der Waals surface area contributed by atoms with E-state index in [-0.39, 0.29) is 10.9 Å². The van der Waals surface area contributed by atoms with E-state index < -0.39 is 11.2 Å². The van der Waals surface area contributed by atoms with E-state index in [1.54, 1.807) is 24.3 Å². The zero-order valence-electron chi connectivity index (χ0n) is 11.0. The zero-order chi connectivity index (χ0) is 15.0. The van der Waals surface area contributed by atoms with E-state index in [0.29, 0.717) is 18.4 Å². The molecule has 1 aliphatic rings. The van der Waals surface area contributed by atoms with Crippen molar-refractivity contribution in [3.8, 4) is 0 Å². The number of nitrogens with one attached hydrogen (secondary N) is 1. The lowest BCUT2D eigenvalue weighted by atomic mass is 9.96. The third-order valence-electron chi connectivity index (χ3n) is 3.57. The van der Waals surface area contributed by atoms with Gasteiger partial charge in [0.05, 0.1) is 10.4 Å². The molecule has 0 fully saturated rings. The summed E-state index contributed by atoms with van der Waals surface area (Å²) in [4.78, 5) is 11.3. The molecule has 1 atom stereocenters. The van der Waals surface area contributed by atoms with Crippen molar-refractivity contribution in [2.45, 2.75) is 18.2 Å². The number of fused-ring (bicyclic) bond motifs is 1. The van der Waals surface area contributed by atoms with Crippen molar-refractivity contribution in [1.29, 1.82) is 0 Å². The van der Waals surface area contributed by atoms with Gasteiger partial charge in [-0.2, -0.15) is 0 Å². The molecule has 0 saturated heterocycles. The molecule has 0 radical (unpaired) electrons. The summed E-state index contributed by atoms with van der Waals surface area (Å²) in [6.07, 6.45) is 1.12. The SMILES string of the molecule is O=C1CCc2cc(C(Cl)c3cccc(Cl)c3F)ccc2N1. The highest BCUT2D eigenvalue weighted by molar-refractivity contribution is 6.31. The number of rotatable bonds is 2. The second-order valence-electron chi connectivity index (χ2n) is 4.97. The Kier molecular flexibility index (Phi) is 3.87. The van der Waals surface area contributed by atoms with Gasteiger partial charge in [0, 0.05) is 17.7 Å². The molecule has 0 aromatic heterocycles. The van der Waals surface area contributed by atoms with Crippen LogP contribution in [0.2, 0.25) is 5.02 Å². The van der Waals surface area contributed by atoms with Crippen molar-refractivity contribution in [1.82, 2.24) is 0 Å². The quantitative estimate of drug-likeness (QED) is 0.798. The Labute approximate surface area is 131 Å². The van der Waals surface area contributed by atoms with Gasteiger partial charge in [-0.3, -0.25) is 4.79 Å². The lowest BCUT2D eigenvalue weighted by molar-refractivity contribution is -0.116. The molecule has 1 unspecified atom stereocenters. The van der Waals surface area contributed by atoms with Crippen molar-refractivity contribution in [2.24, 2.45) is 0 Å². The normalized spacial score (nSPS) is 15.3. The second-order valence-corrected chi connectivity index (χ2v) is 5.81. The van der Waals surface area contributed by atoms with Crippen molar-refractivity contribution in [3.05, 3.63) is 63.9 Å². The van der Waals surface area contributed by atoms with Crippen LogP contribution in [0, 0.1) is 5.82 Å². The Balaban J connectivity index is 1.97. The minimum atomic E-state index is -0.619. The third-order valence-corrected chi connectivity index (χ3v) is 4.35. The van der Waals surface area contributed by atoms with Crippen LogP contribution in [0.1, 0.15) is 28.5 Å². The van der Waals surface area contributed by atoms with E-state index in [1.807, 2.05) is 6.07 Å². The lowest BCUT2D eigenvalue weighted by Gasteiger charge is -2.19. The first-order chi connectivity index (χ1) is 10.1. The van der Waals surface area contributed by atoms with Crippen molar-refractivity contribution in [3.63, 3.8) is 0 Å². The van der Waals surface area contributed by atoms with Crippen LogP contribution in [0.15, 0.2) is 36.4 Å². The van der Waals surface area contributed by atoms with Crippen LogP contribution in [0.25, 0.3) is 0 Å². The molecule has 21 heavy (non-hydrogen) atoms. The molecule has 2 aromatic rings. The van der Waals surface area contributed by atoms with E-state index in [2.05, 4.69) is 5.32 Å². The van der Waals surface area contributed by atoms with E-state index >= 15 is 0 Å². The molecule has 1 aliphatic heterocycles. The Morgan fingerprint density at radius 2 is 2.00 bits per heavy atom. The van der Waals surface area contributed by atoms with Crippen molar-refractivity contribution in [2.75, 3.05) is 5.32 Å². The molecule has 0 bridgehead atoms. The first-order valence-electron chi connectivity index (χ1n) is 6.57. The van der Waals surface area contributed by atoms with Crippen molar-refractivity contribution < 1.29 is 9.18 Å². The maximum atomic E-state index is 14.1. The first kappa shape index (κ1) is 14.4. The molecule has 1 N–H and O–H groups in total. The first-order valence-corrected chi connectivity index (χ1v) is 7.38. The highest BCUT2D eigenvalue weighted by Crippen LogP contribution is 2.35. The van der Waals surface area contributed by atoms with Crippen LogP contribution in [0.4, 0.5) is 10.1 Å². The minimum Gasteiger partial charge on any atom is -0.326 e. The summed E-state index contributed by atoms with van der Waals surface area (Å²) in [5.74, 6) is -0.483. The largest absolute Gasteiger partial charge is 0.326 e. The molecule has 3 rings (SSSR count). The fraction of sp³-hybridized carbons (Fsp3) is 0.188. The van der Waals surface area contributed by atoms with Crippen LogP contribution in [0.5, 0.6) is 0 Å². The summed E-state index contributed by atoms with van der Waals surface area (Å²) >= 11 is 12.2. The molecule has 1 heterocycles. The highest BCUT2D eigenvalue weighted by atomic mass is 35.5. The lowest BCUT2D eigenvalue weighted by Crippen LogP contribution is -2.19. The van der Waals surface area contributed by atoms with Crippen LogP contribution in [-0.2, 0) is 11.2 Å². The average Bonchev–Trinajstić information content (AvgIpc) is 2.49. The predicted octanol–water partition coefficient (Wildman–Crippen LogP) is 4.69. The molecular formula is C16H12Cl2FNO. The van der Waals surface area contributed by atoms with Gasteiger partial charge in [0.2, 0.25) is 5.91 Å². The molecule has 2 aromatic carbocycles. The number of halogens is 3. The monoisotopic (exact) mass is 323 g/mol. The summed E-state index contributed by atoms with van der Waals surface area (Å²) in [6, 6.07) is 10.3. The summed E-state index contributed by atoms with van der Waals surface area (Å²) in [5.41, 5.74) is 2.95. The van der Waals surface area contributed by atoms with Gasteiger partial charge in [0.1, 0.15) is 5.82 Å². The Hall–Kier alpha value is -1.58. The number of hydrogen-bond acceptors (Lipinski definition) is 1. The number of alkyl halides is 1. The highest BCUT2D eigenvalue weighted by Gasteiger charge is 2.20. The van der Waals surface area contributed by atoms with E-state index in [9.17, 15) is 9.18 Å². The molecule has 0 spiro atoms. The van der Waals surface area contributed by atoms with Gasteiger partial charge < -0.3 is 5.32 Å². The van der Waals surface area contributed by atoms with Gasteiger partial charge >= 0.3 is 0 Å². The van der Waals surface area contributed by atoms with Gasteiger partial charge in [0.15, 0.2) is 0 Å². The van der Waals surface area contributed by atoms with Gasteiger partial charge in [-0.25, -0.2) is 4.39 Å². The fourth-order valence-electron chi connectivity index (χ4n) is 2.46. The number of amides is 1. The van der Waals surface area contributed by atoms with E-state index in [4.69, 9.17) is 23.2 Å². The average molecular weight is 324 g/mol. The molecular weight excluding hydrogens is 312 g/mol. The maximum absolute atomic E-state index is 14.1. The van der Waals surface area contributed by atoms with Crippen molar-refractivity contribution >= 4 is 34.8 Å². The van der Waals surface area contributed by atoms with Crippen LogP contribution in [-0.4, -0.2) is 5.91 Å². The predicted molar refractivity (Wildman–Crippen MR) is 82.5 cm³/mol.